The van der Waals surface area contributed by atoms with Gasteiger partial charge >= 0.3 is 0 Å². The summed E-state index contributed by atoms with van der Waals surface area (Å²) in [5.74, 6) is 2.00. The molecule has 6 heteroatoms. The second-order valence-corrected chi connectivity index (χ2v) is 8.43. The summed E-state index contributed by atoms with van der Waals surface area (Å²) in [6, 6.07) is 17.9. The van der Waals surface area contributed by atoms with Crippen LogP contribution in [0.25, 0.3) is 0 Å². The molecule has 1 aliphatic rings. The first-order valence-corrected chi connectivity index (χ1v) is 11.2. The minimum Gasteiger partial charge on any atom is -0.354 e. The Bertz CT molecular complexity index is 788. The Balaban J connectivity index is 1.28. The van der Waals surface area contributed by atoms with Gasteiger partial charge in [0.2, 0.25) is 5.91 Å². The average molecular weight is 412 g/mol. The lowest BCUT2D eigenvalue weighted by Crippen LogP contribution is -2.51. The molecule has 0 aromatic heterocycles. The second kappa shape index (κ2) is 11.0. The van der Waals surface area contributed by atoms with Crippen LogP contribution < -0.4 is 5.32 Å². The molecular weight excluding hydrogens is 382 g/mol. The molecule has 2 aromatic rings. The predicted molar refractivity (Wildman–Crippen MR) is 119 cm³/mol. The first kappa shape index (κ1) is 21.4. The van der Waals surface area contributed by atoms with E-state index < -0.39 is 0 Å². The third kappa shape index (κ3) is 6.91. The second-order valence-electron chi connectivity index (χ2n) is 7.32. The van der Waals surface area contributed by atoms with E-state index in [2.05, 4.69) is 41.4 Å². The molecule has 0 unspecified atom stereocenters. The molecule has 1 heterocycles. The maximum Gasteiger partial charge on any atom is 0.253 e. The molecule has 29 heavy (non-hydrogen) atoms. The van der Waals surface area contributed by atoms with Crippen LogP contribution in [-0.2, 0) is 10.5 Å². The number of hydrogen-bond donors (Lipinski definition) is 1. The van der Waals surface area contributed by atoms with Gasteiger partial charge in [-0.2, -0.15) is 11.8 Å². The van der Waals surface area contributed by atoms with Gasteiger partial charge in [-0.3, -0.25) is 14.5 Å². The van der Waals surface area contributed by atoms with Gasteiger partial charge < -0.3 is 10.2 Å². The zero-order chi connectivity index (χ0) is 20.5. The molecule has 0 aliphatic carbocycles. The molecule has 0 atom stereocenters. The molecule has 5 nitrogen and oxygen atoms in total. The summed E-state index contributed by atoms with van der Waals surface area (Å²) in [5.41, 5.74) is 3.31. The van der Waals surface area contributed by atoms with Crippen molar-refractivity contribution >= 4 is 23.6 Å². The van der Waals surface area contributed by atoms with E-state index in [0.29, 0.717) is 26.2 Å². The Morgan fingerprint density at radius 2 is 1.66 bits per heavy atom. The smallest absolute Gasteiger partial charge is 0.253 e. The highest BCUT2D eigenvalue weighted by atomic mass is 32.2. The van der Waals surface area contributed by atoms with E-state index in [0.717, 1.165) is 30.2 Å². The highest BCUT2D eigenvalue weighted by molar-refractivity contribution is 7.98. The maximum absolute atomic E-state index is 12.5. The SMILES string of the molecule is Cc1ccc(CSCCNC(=O)CN2CCN(C(=O)c3ccccc3)CC2)cc1. The number of carbonyl (C=O) groups excluding carboxylic acids is 2. The lowest BCUT2D eigenvalue weighted by Gasteiger charge is -2.34. The van der Waals surface area contributed by atoms with Crippen LogP contribution in [0, 0.1) is 6.92 Å². The highest BCUT2D eigenvalue weighted by Crippen LogP contribution is 2.12. The molecule has 3 rings (SSSR count). The average Bonchev–Trinajstić information content (AvgIpc) is 2.75. The van der Waals surface area contributed by atoms with Crippen molar-refractivity contribution in [1.29, 1.82) is 0 Å². The van der Waals surface area contributed by atoms with Crippen LogP contribution in [0.3, 0.4) is 0 Å². The number of hydrogen-bond acceptors (Lipinski definition) is 4. The number of nitrogens with zero attached hydrogens (tertiary/aromatic N) is 2. The number of amides is 2. The quantitative estimate of drug-likeness (QED) is 0.679. The van der Waals surface area contributed by atoms with Crippen LogP contribution in [0.1, 0.15) is 21.5 Å². The Morgan fingerprint density at radius 3 is 2.34 bits per heavy atom. The number of carbonyl (C=O) groups is 2. The number of rotatable bonds is 8. The fourth-order valence-electron chi connectivity index (χ4n) is 3.27. The van der Waals surface area contributed by atoms with Crippen LogP contribution in [0.2, 0.25) is 0 Å². The fraction of sp³-hybridized carbons (Fsp3) is 0.391. The van der Waals surface area contributed by atoms with Gasteiger partial charge in [-0.15, -0.1) is 0 Å². The number of aryl methyl sites for hydroxylation is 1. The largest absolute Gasteiger partial charge is 0.354 e. The standard InChI is InChI=1S/C23H29N3O2S/c1-19-7-9-20(10-8-19)18-29-16-11-24-22(27)17-25-12-14-26(15-13-25)23(28)21-5-3-2-4-6-21/h2-10H,11-18H2,1H3,(H,24,27). The Hall–Kier alpha value is -2.31. The fourth-order valence-corrected chi connectivity index (χ4v) is 4.09. The van der Waals surface area contributed by atoms with E-state index >= 15 is 0 Å². The molecule has 0 radical (unpaired) electrons. The van der Waals surface area contributed by atoms with E-state index in [9.17, 15) is 9.59 Å². The van der Waals surface area contributed by atoms with Crippen molar-refractivity contribution in [1.82, 2.24) is 15.1 Å². The normalized spacial score (nSPS) is 14.6. The lowest BCUT2D eigenvalue weighted by atomic mass is 10.2. The molecule has 2 aromatic carbocycles. The van der Waals surface area contributed by atoms with E-state index in [1.807, 2.05) is 47.0 Å². The first-order chi connectivity index (χ1) is 14.1. The molecule has 0 saturated carbocycles. The molecule has 1 N–H and O–H groups in total. The summed E-state index contributed by atoms with van der Waals surface area (Å²) in [7, 11) is 0. The zero-order valence-corrected chi connectivity index (χ0v) is 17.8. The van der Waals surface area contributed by atoms with Crippen LogP contribution in [-0.4, -0.2) is 66.6 Å². The van der Waals surface area contributed by atoms with Crippen molar-refractivity contribution < 1.29 is 9.59 Å². The topological polar surface area (TPSA) is 52.7 Å². The number of thioether (sulfide) groups is 1. The van der Waals surface area contributed by atoms with Crippen molar-refractivity contribution in [2.24, 2.45) is 0 Å². The Labute approximate surface area is 177 Å². The van der Waals surface area contributed by atoms with E-state index in [1.165, 1.54) is 11.1 Å². The van der Waals surface area contributed by atoms with Crippen molar-refractivity contribution in [3.63, 3.8) is 0 Å². The summed E-state index contributed by atoms with van der Waals surface area (Å²) >= 11 is 1.83. The highest BCUT2D eigenvalue weighted by Gasteiger charge is 2.23. The van der Waals surface area contributed by atoms with Crippen molar-refractivity contribution in [2.45, 2.75) is 12.7 Å². The minimum absolute atomic E-state index is 0.0590. The first-order valence-electron chi connectivity index (χ1n) is 10.1. The molecule has 154 valence electrons. The Morgan fingerprint density at radius 1 is 0.966 bits per heavy atom. The molecule has 1 fully saturated rings. The summed E-state index contributed by atoms with van der Waals surface area (Å²) in [4.78, 5) is 28.6. The van der Waals surface area contributed by atoms with Gasteiger partial charge in [0.15, 0.2) is 0 Å². The molecule has 1 aliphatic heterocycles. The predicted octanol–water partition coefficient (Wildman–Crippen LogP) is 2.80. The summed E-state index contributed by atoms with van der Waals surface area (Å²) in [6.07, 6.45) is 0. The van der Waals surface area contributed by atoms with Crippen LogP contribution in [0.5, 0.6) is 0 Å². The molecule has 0 spiro atoms. The van der Waals surface area contributed by atoms with Crippen molar-refractivity contribution in [3.05, 3.63) is 71.3 Å². The minimum atomic E-state index is 0.0590. The summed E-state index contributed by atoms with van der Waals surface area (Å²) < 4.78 is 0. The van der Waals surface area contributed by atoms with E-state index in [-0.39, 0.29) is 11.8 Å². The van der Waals surface area contributed by atoms with Gasteiger partial charge in [0, 0.05) is 49.8 Å². The zero-order valence-electron chi connectivity index (χ0n) is 17.0. The summed E-state index contributed by atoms with van der Waals surface area (Å²) in [6.45, 7) is 5.95. The van der Waals surface area contributed by atoms with Gasteiger partial charge in [0.25, 0.3) is 5.91 Å². The van der Waals surface area contributed by atoms with Crippen molar-refractivity contribution in [2.75, 3.05) is 45.0 Å². The number of piperazine rings is 1. The lowest BCUT2D eigenvalue weighted by molar-refractivity contribution is -0.122. The van der Waals surface area contributed by atoms with Gasteiger partial charge in [-0.25, -0.2) is 0 Å². The molecule has 1 saturated heterocycles. The van der Waals surface area contributed by atoms with Gasteiger partial charge in [0.1, 0.15) is 0 Å². The van der Waals surface area contributed by atoms with Gasteiger partial charge in [0.05, 0.1) is 6.54 Å². The van der Waals surface area contributed by atoms with Gasteiger partial charge in [-0.1, -0.05) is 48.0 Å². The van der Waals surface area contributed by atoms with Crippen molar-refractivity contribution in [3.8, 4) is 0 Å². The number of nitrogens with one attached hydrogen (secondary N) is 1. The monoisotopic (exact) mass is 411 g/mol. The van der Waals surface area contributed by atoms with Crippen LogP contribution in [0.4, 0.5) is 0 Å². The maximum atomic E-state index is 12.5. The van der Waals surface area contributed by atoms with Crippen LogP contribution in [0.15, 0.2) is 54.6 Å². The third-order valence-corrected chi connectivity index (χ3v) is 6.04. The number of benzene rings is 2. The summed E-state index contributed by atoms with van der Waals surface area (Å²) in [5, 5.41) is 3.00. The molecule has 0 bridgehead atoms. The van der Waals surface area contributed by atoms with E-state index in [4.69, 9.17) is 0 Å². The third-order valence-electron chi connectivity index (χ3n) is 5.01. The van der Waals surface area contributed by atoms with E-state index in [1.54, 1.807) is 0 Å². The van der Waals surface area contributed by atoms with Crippen LogP contribution >= 0.6 is 11.8 Å². The molecule has 2 amide bonds. The van der Waals surface area contributed by atoms with Gasteiger partial charge in [-0.05, 0) is 24.6 Å². The Kier molecular flexibility index (Phi) is 8.14. The molecular formula is C23H29N3O2S.